The summed E-state index contributed by atoms with van der Waals surface area (Å²) in [5.41, 5.74) is 8.01. The van der Waals surface area contributed by atoms with Crippen LogP contribution in [0.2, 0.25) is 0 Å². The van der Waals surface area contributed by atoms with Crippen LogP contribution >= 0.6 is 0 Å². The summed E-state index contributed by atoms with van der Waals surface area (Å²) in [4.78, 5) is 0. The summed E-state index contributed by atoms with van der Waals surface area (Å²) < 4.78 is 0. The molecule has 0 bridgehead atoms. The van der Waals surface area contributed by atoms with E-state index in [0.29, 0.717) is 0 Å². The number of hydrogen-bond donors (Lipinski definition) is 0. The van der Waals surface area contributed by atoms with E-state index in [1.165, 1.54) is 109 Å². The van der Waals surface area contributed by atoms with Gasteiger partial charge < -0.3 is 0 Å². The van der Waals surface area contributed by atoms with Crippen molar-refractivity contribution in [2.24, 2.45) is 0 Å². The molecule has 47 heavy (non-hydrogen) atoms. The maximum atomic E-state index is 2.48. The second-order valence-corrected chi connectivity index (χ2v) is 14.1. The predicted molar refractivity (Wildman–Crippen MR) is 203 cm³/mol. The van der Waals surface area contributed by atoms with E-state index in [2.05, 4.69) is 159 Å². The molecule has 0 amide bonds. The van der Waals surface area contributed by atoms with Gasteiger partial charge in [0.1, 0.15) is 0 Å². The first kappa shape index (κ1) is 25.5. The van der Waals surface area contributed by atoms with Gasteiger partial charge >= 0.3 is 0 Å². The van der Waals surface area contributed by atoms with Crippen LogP contribution in [0.3, 0.4) is 0 Å². The Morgan fingerprint density at radius 1 is 0.319 bits per heavy atom. The number of rotatable bonds is 1. The molecule has 0 fully saturated rings. The van der Waals surface area contributed by atoms with Crippen molar-refractivity contribution >= 4 is 75.4 Å². The zero-order valence-corrected chi connectivity index (χ0v) is 26.4. The van der Waals surface area contributed by atoms with Gasteiger partial charge in [0.15, 0.2) is 0 Å². The maximum absolute atomic E-state index is 2.48. The molecule has 1 aliphatic rings. The Balaban J connectivity index is 1.26. The van der Waals surface area contributed by atoms with Crippen molar-refractivity contribution in [3.05, 3.63) is 157 Å². The van der Waals surface area contributed by atoms with Gasteiger partial charge in [-0.05, 0) is 139 Å². The van der Waals surface area contributed by atoms with Crippen LogP contribution in [0.4, 0.5) is 0 Å². The van der Waals surface area contributed by atoms with Crippen molar-refractivity contribution in [2.75, 3.05) is 0 Å². The van der Waals surface area contributed by atoms with Gasteiger partial charge in [-0.15, -0.1) is 0 Å². The van der Waals surface area contributed by atoms with Gasteiger partial charge in [-0.2, -0.15) is 0 Å². The lowest BCUT2D eigenvalue weighted by atomic mass is 9.81. The molecule has 0 heterocycles. The topological polar surface area (TPSA) is 0 Å². The van der Waals surface area contributed by atoms with Crippen LogP contribution in [0.25, 0.3) is 97.7 Å². The smallest absolute Gasteiger partial charge is 0.0159 e. The van der Waals surface area contributed by atoms with Crippen LogP contribution in [-0.4, -0.2) is 0 Å². The third-order valence-corrected chi connectivity index (χ3v) is 11.3. The fourth-order valence-electron chi connectivity index (χ4n) is 9.05. The monoisotopic (exact) mass is 594 g/mol. The quantitative estimate of drug-likeness (QED) is 0.166. The highest BCUT2D eigenvalue weighted by Crippen LogP contribution is 2.51. The van der Waals surface area contributed by atoms with Crippen LogP contribution in [0, 0.1) is 0 Å². The average molecular weight is 595 g/mol. The molecule has 0 aromatic heterocycles. The molecule has 0 N–H and O–H groups in total. The predicted octanol–water partition coefficient (Wildman–Crippen LogP) is 13.2. The van der Waals surface area contributed by atoms with E-state index in [1.54, 1.807) is 0 Å². The van der Waals surface area contributed by atoms with Crippen LogP contribution < -0.4 is 0 Å². The summed E-state index contributed by atoms with van der Waals surface area (Å²) >= 11 is 0. The van der Waals surface area contributed by atoms with E-state index in [0.717, 1.165) is 0 Å². The van der Waals surface area contributed by atoms with E-state index < -0.39 is 0 Å². The minimum absolute atomic E-state index is 0.0821. The van der Waals surface area contributed by atoms with Gasteiger partial charge in [-0.25, -0.2) is 0 Å². The standard InChI is InChI=1S/C47H30/c1-47(2)41-26-32(20-21-35(41)39-23-30-8-3-4-9-31(30)25-42(39)47)34-22-33-19-18-29-11-6-14-37-36-13-5-10-27-16-17-28-12-7-15-38(45(28)43(27)36)40(24-34)46(33)44(29)37/h3-26H,1-2H3. The van der Waals surface area contributed by atoms with E-state index in [9.17, 15) is 0 Å². The van der Waals surface area contributed by atoms with Crippen molar-refractivity contribution in [3.63, 3.8) is 0 Å². The molecule has 218 valence electrons. The lowest BCUT2D eigenvalue weighted by Gasteiger charge is -2.22. The van der Waals surface area contributed by atoms with Gasteiger partial charge in [0, 0.05) is 5.41 Å². The summed E-state index contributed by atoms with van der Waals surface area (Å²) in [6, 6.07) is 55.4. The van der Waals surface area contributed by atoms with Crippen molar-refractivity contribution in [1.82, 2.24) is 0 Å². The molecule has 0 atom stereocenters. The molecule has 1 aliphatic carbocycles. The minimum atomic E-state index is -0.0821. The van der Waals surface area contributed by atoms with Crippen molar-refractivity contribution in [3.8, 4) is 22.3 Å². The fourth-order valence-corrected chi connectivity index (χ4v) is 9.05. The number of fused-ring (bicyclic) bond motifs is 6. The van der Waals surface area contributed by atoms with E-state index >= 15 is 0 Å². The summed E-state index contributed by atoms with van der Waals surface area (Å²) in [6.07, 6.45) is 0. The highest BCUT2D eigenvalue weighted by molar-refractivity contribution is 6.37. The number of hydrogen-bond acceptors (Lipinski definition) is 0. The lowest BCUT2D eigenvalue weighted by Crippen LogP contribution is -2.15. The van der Waals surface area contributed by atoms with Crippen molar-refractivity contribution < 1.29 is 0 Å². The van der Waals surface area contributed by atoms with Crippen molar-refractivity contribution in [1.29, 1.82) is 0 Å². The van der Waals surface area contributed by atoms with Crippen molar-refractivity contribution in [2.45, 2.75) is 19.3 Å². The SMILES string of the molecule is CC1(C)c2cc(-c3cc4ccc5cccc6c7cccc8ccc9cccc(c(c3)c4c56)c9c87)ccc2-c2cc3ccccc3cc21. The maximum Gasteiger partial charge on any atom is 0.0159 e. The Morgan fingerprint density at radius 2 is 0.830 bits per heavy atom. The summed E-state index contributed by atoms with van der Waals surface area (Å²) in [5, 5.41) is 18.4. The highest BCUT2D eigenvalue weighted by atomic mass is 14.4. The van der Waals surface area contributed by atoms with E-state index in [4.69, 9.17) is 0 Å². The Kier molecular flexibility index (Phi) is 4.74. The Labute approximate surface area is 272 Å². The van der Waals surface area contributed by atoms with Gasteiger partial charge in [0.05, 0.1) is 0 Å². The molecule has 0 unspecified atom stereocenters. The largest absolute Gasteiger partial charge is 0.0616 e. The lowest BCUT2D eigenvalue weighted by molar-refractivity contribution is 0.661. The molecular weight excluding hydrogens is 565 g/mol. The highest BCUT2D eigenvalue weighted by Gasteiger charge is 2.36. The average Bonchev–Trinajstić information content (AvgIpc) is 3.33. The Bertz CT molecular complexity index is 2970. The zero-order chi connectivity index (χ0) is 31.0. The minimum Gasteiger partial charge on any atom is -0.0616 e. The summed E-state index contributed by atoms with van der Waals surface area (Å²) in [6.45, 7) is 4.78. The second-order valence-electron chi connectivity index (χ2n) is 14.1. The molecule has 0 saturated carbocycles. The third kappa shape index (κ3) is 3.27. The van der Waals surface area contributed by atoms with E-state index in [1.807, 2.05) is 0 Å². The van der Waals surface area contributed by atoms with Gasteiger partial charge in [-0.3, -0.25) is 0 Å². The second kappa shape index (κ2) is 8.75. The normalized spacial score (nSPS) is 13.9. The van der Waals surface area contributed by atoms with Crippen LogP contribution in [-0.2, 0) is 5.41 Å². The molecule has 0 nitrogen and oxygen atoms in total. The molecule has 10 aromatic carbocycles. The summed E-state index contributed by atoms with van der Waals surface area (Å²) in [7, 11) is 0. The first-order valence-electron chi connectivity index (χ1n) is 16.7. The van der Waals surface area contributed by atoms with Gasteiger partial charge in [-0.1, -0.05) is 129 Å². The third-order valence-electron chi connectivity index (χ3n) is 11.3. The molecule has 10 aromatic rings. The molecule has 0 heteroatoms. The van der Waals surface area contributed by atoms with Crippen LogP contribution in [0.1, 0.15) is 25.0 Å². The van der Waals surface area contributed by atoms with Gasteiger partial charge in [0.25, 0.3) is 0 Å². The van der Waals surface area contributed by atoms with Crippen LogP contribution in [0.5, 0.6) is 0 Å². The Morgan fingerprint density at radius 3 is 1.47 bits per heavy atom. The number of benzene rings is 9. The first-order chi connectivity index (χ1) is 23.0. The van der Waals surface area contributed by atoms with Gasteiger partial charge in [0.2, 0.25) is 0 Å². The molecule has 0 aliphatic heterocycles. The molecule has 0 spiro atoms. The van der Waals surface area contributed by atoms with E-state index in [-0.39, 0.29) is 5.41 Å². The first-order valence-corrected chi connectivity index (χ1v) is 16.7. The molecule has 0 radical (unpaired) electrons. The van der Waals surface area contributed by atoms with Crippen LogP contribution in [0.15, 0.2) is 146 Å². The molecule has 0 saturated heterocycles. The molecular formula is C47H30. The molecule has 11 rings (SSSR count). The zero-order valence-electron chi connectivity index (χ0n) is 26.4. The fraction of sp³-hybridized carbons (Fsp3) is 0.0638. The Hall–Kier alpha value is -5.72. The summed E-state index contributed by atoms with van der Waals surface area (Å²) in [5.74, 6) is 0.